The Hall–Kier alpha value is -2.97. The average molecular weight is 339 g/mol. The topological polar surface area (TPSA) is 84.5 Å². The van der Waals surface area contributed by atoms with Crippen molar-refractivity contribution in [3.05, 3.63) is 51.9 Å². The van der Waals surface area contributed by atoms with Crippen LogP contribution in [0, 0.1) is 0 Å². The number of carbonyl (C=O) groups excluding carboxylic acids is 1. The van der Waals surface area contributed by atoms with Gasteiger partial charge in [0, 0.05) is 19.7 Å². The molecule has 0 atom stereocenters. The van der Waals surface area contributed by atoms with E-state index < -0.39 is 18.1 Å². The lowest BCUT2D eigenvalue weighted by Crippen LogP contribution is -2.28. The number of nitrogens with one attached hydrogen (secondary N) is 1. The number of ether oxygens (including phenoxy) is 2. The first-order valence-corrected chi connectivity index (χ1v) is 6.83. The molecule has 1 heterocycles. The van der Waals surface area contributed by atoms with Gasteiger partial charge in [-0.25, -0.2) is 5.10 Å². The van der Waals surface area contributed by atoms with E-state index in [1.807, 2.05) is 0 Å². The molecule has 0 spiro atoms. The second-order valence-corrected chi connectivity index (χ2v) is 4.83. The molecule has 0 radical (unpaired) electrons. The molecule has 0 bridgehead atoms. The van der Waals surface area contributed by atoms with Gasteiger partial charge in [-0.1, -0.05) is 6.07 Å². The predicted molar refractivity (Wildman–Crippen MR) is 80.3 cm³/mol. The fraction of sp³-hybridized carbons (Fsp3) is 0.267. The van der Waals surface area contributed by atoms with Gasteiger partial charge in [0.05, 0.1) is 7.11 Å². The fourth-order valence-corrected chi connectivity index (χ4v) is 2.01. The maximum atomic E-state index is 12.3. The van der Waals surface area contributed by atoms with Crippen molar-refractivity contribution in [3.63, 3.8) is 0 Å². The van der Waals surface area contributed by atoms with Gasteiger partial charge in [-0.15, -0.1) is 0 Å². The minimum absolute atomic E-state index is 0.0849. The highest BCUT2D eigenvalue weighted by atomic mass is 19.3. The molecule has 1 aromatic carbocycles. The lowest BCUT2D eigenvalue weighted by molar-refractivity contribution is -0.0512. The first kappa shape index (κ1) is 17.4. The van der Waals surface area contributed by atoms with E-state index in [0.29, 0.717) is 5.56 Å². The molecule has 128 valence electrons. The number of methoxy groups -OCH3 is 1. The Kier molecular flexibility index (Phi) is 5.46. The summed E-state index contributed by atoms with van der Waals surface area (Å²) in [5.74, 6) is -0.360. The number of carbonyl (C=O) groups is 1. The molecule has 0 aliphatic heterocycles. The molecular weight excluding hydrogens is 324 g/mol. The number of amides is 1. The normalized spacial score (nSPS) is 10.5. The SMILES string of the molecule is COc1cc(CN(C)C(=O)c2ccc(=O)[nH]n2)ccc1OC(F)F. The summed E-state index contributed by atoms with van der Waals surface area (Å²) in [5.41, 5.74) is 0.323. The van der Waals surface area contributed by atoms with Crippen LogP contribution in [0.5, 0.6) is 11.5 Å². The standard InChI is InChI=1S/C15H15F2N3O4/c1-20(14(22)10-4-6-13(21)19-18-10)8-9-3-5-11(24-15(16)17)12(7-9)23-2/h3-7,15H,8H2,1-2H3,(H,19,21). The molecule has 2 rings (SSSR count). The summed E-state index contributed by atoms with van der Waals surface area (Å²) in [6.45, 7) is -2.77. The van der Waals surface area contributed by atoms with E-state index in [2.05, 4.69) is 14.9 Å². The van der Waals surface area contributed by atoms with Crippen molar-refractivity contribution >= 4 is 5.91 Å². The second kappa shape index (κ2) is 7.53. The lowest BCUT2D eigenvalue weighted by atomic mass is 10.2. The number of aromatic nitrogens is 2. The predicted octanol–water partition coefficient (Wildman–Crippen LogP) is 1.65. The van der Waals surface area contributed by atoms with Crippen LogP contribution in [-0.2, 0) is 6.54 Å². The van der Waals surface area contributed by atoms with E-state index in [1.165, 1.54) is 36.3 Å². The zero-order chi connectivity index (χ0) is 17.7. The Morgan fingerprint density at radius 2 is 2.04 bits per heavy atom. The third-order valence-electron chi connectivity index (χ3n) is 3.11. The number of halogens is 2. The molecule has 0 saturated carbocycles. The number of hydrogen-bond acceptors (Lipinski definition) is 5. The van der Waals surface area contributed by atoms with Crippen LogP contribution in [0.25, 0.3) is 0 Å². The number of alkyl halides is 2. The Morgan fingerprint density at radius 3 is 2.62 bits per heavy atom. The maximum absolute atomic E-state index is 12.3. The number of H-pyrrole nitrogens is 1. The van der Waals surface area contributed by atoms with E-state index in [4.69, 9.17) is 4.74 Å². The molecule has 9 heteroatoms. The molecule has 0 unspecified atom stereocenters. The van der Waals surface area contributed by atoms with E-state index in [9.17, 15) is 18.4 Å². The fourth-order valence-electron chi connectivity index (χ4n) is 2.01. The van der Waals surface area contributed by atoms with Gasteiger partial charge < -0.3 is 14.4 Å². The van der Waals surface area contributed by atoms with Crippen LogP contribution in [0.2, 0.25) is 0 Å². The van der Waals surface area contributed by atoms with Crippen LogP contribution < -0.4 is 15.0 Å². The Bertz CT molecular complexity index is 759. The highest BCUT2D eigenvalue weighted by Crippen LogP contribution is 2.29. The van der Waals surface area contributed by atoms with Gasteiger partial charge in [-0.3, -0.25) is 9.59 Å². The quantitative estimate of drug-likeness (QED) is 0.865. The zero-order valence-corrected chi connectivity index (χ0v) is 13.0. The van der Waals surface area contributed by atoms with Crippen LogP contribution in [0.15, 0.2) is 35.1 Å². The summed E-state index contributed by atoms with van der Waals surface area (Å²) in [7, 11) is 2.88. The van der Waals surface area contributed by atoms with Crippen molar-refractivity contribution < 1.29 is 23.0 Å². The van der Waals surface area contributed by atoms with Gasteiger partial charge >= 0.3 is 6.61 Å². The number of nitrogens with zero attached hydrogens (tertiary/aromatic N) is 2. The zero-order valence-electron chi connectivity index (χ0n) is 13.0. The van der Waals surface area contributed by atoms with E-state index in [-0.39, 0.29) is 23.7 Å². The van der Waals surface area contributed by atoms with Crippen molar-refractivity contribution in [3.8, 4) is 11.5 Å². The smallest absolute Gasteiger partial charge is 0.387 e. The van der Waals surface area contributed by atoms with Crippen molar-refractivity contribution in [2.24, 2.45) is 0 Å². The first-order chi connectivity index (χ1) is 11.4. The molecule has 2 aromatic rings. The minimum Gasteiger partial charge on any atom is -0.493 e. The van der Waals surface area contributed by atoms with Crippen LogP contribution in [0.3, 0.4) is 0 Å². The van der Waals surface area contributed by atoms with Gasteiger partial charge in [0.25, 0.3) is 11.5 Å². The Morgan fingerprint density at radius 1 is 1.29 bits per heavy atom. The summed E-state index contributed by atoms with van der Waals surface area (Å²) < 4.78 is 34.0. The highest BCUT2D eigenvalue weighted by Gasteiger charge is 2.16. The number of benzene rings is 1. The Labute approximate surface area is 135 Å². The molecule has 1 amide bonds. The maximum Gasteiger partial charge on any atom is 0.387 e. The monoisotopic (exact) mass is 339 g/mol. The molecule has 1 N–H and O–H groups in total. The first-order valence-electron chi connectivity index (χ1n) is 6.83. The summed E-state index contributed by atoms with van der Waals surface area (Å²) in [6.07, 6.45) is 0. The average Bonchev–Trinajstić information content (AvgIpc) is 2.55. The third-order valence-corrected chi connectivity index (χ3v) is 3.11. The van der Waals surface area contributed by atoms with Gasteiger partial charge in [0.2, 0.25) is 0 Å². The summed E-state index contributed by atoms with van der Waals surface area (Å²) in [5, 5.41) is 5.85. The summed E-state index contributed by atoms with van der Waals surface area (Å²) in [4.78, 5) is 24.5. The molecule has 0 aliphatic rings. The summed E-state index contributed by atoms with van der Waals surface area (Å²) in [6, 6.07) is 6.91. The minimum atomic E-state index is -2.96. The van der Waals surface area contributed by atoms with Crippen LogP contribution in [-0.4, -0.2) is 41.8 Å². The summed E-state index contributed by atoms with van der Waals surface area (Å²) >= 11 is 0. The third kappa shape index (κ3) is 4.28. The van der Waals surface area contributed by atoms with Crippen molar-refractivity contribution in [2.45, 2.75) is 13.2 Å². The van der Waals surface area contributed by atoms with Gasteiger partial charge in [-0.2, -0.15) is 13.9 Å². The molecule has 0 aliphatic carbocycles. The van der Waals surface area contributed by atoms with Gasteiger partial charge in [0.15, 0.2) is 11.5 Å². The van der Waals surface area contributed by atoms with Crippen molar-refractivity contribution in [1.82, 2.24) is 15.1 Å². The molecule has 0 saturated heterocycles. The number of rotatable bonds is 6. The number of hydrogen-bond donors (Lipinski definition) is 1. The molecular formula is C15H15F2N3O4. The molecule has 7 nitrogen and oxygen atoms in total. The Balaban J connectivity index is 2.13. The van der Waals surface area contributed by atoms with Crippen molar-refractivity contribution in [1.29, 1.82) is 0 Å². The highest BCUT2D eigenvalue weighted by molar-refractivity contribution is 5.91. The van der Waals surface area contributed by atoms with Crippen LogP contribution in [0.1, 0.15) is 16.1 Å². The van der Waals surface area contributed by atoms with E-state index in [1.54, 1.807) is 13.1 Å². The molecule has 1 aromatic heterocycles. The van der Waals surface area contributed by atoms with E-state index in [0.717, 1.165) is 0 Å². The van der Waals surface area contributed by atoms with Gasteiger partial charge in [-0.05, 0) is 23.8 Å². The second-order valence-electron chi connectivity index (χ2n) is 4.83. The van der Waals surface area contributed by atoms with Gasteiger partial charge in [0.1, 0.15) is 5.69 Å². The molecule has 0 fully saturated rings. The van der Waals surface area contributed by atoms with Crippen LogP contribution in [0.4, 0.5) is 8.78 Å². The largest absolute Gasteiger partial charge is 0.493 e. The lowest BCUT2D eigenvalue weighted by Gasteiger charge is -2.18. The van der Waals surface area contributed by atoms with Crippen molar-refractivity contribution in [2.75, 3.05) is 14.2 Å². The molecule has 24 heavy (non-hydrogen) atoms. The van der Waals surface area contributed by atoms with E-state index >= 15 is 0 Å². The number of aromatic amines is 1. The van der Waals surface area contributed by atoms with Crippen LogP contribution >= 0.6 is 0 Å².